The predicted octanol–water partition coefficient (Wildman–Crippen LogP) is 3.20. The Labute approximate surface area is 135 Å². The van der Waals surface area contributed by atoms with E-state index >= 15 is 0 Å². The summed E-state index contributed by atoms with van der Waals surface area (Å²) >= 11 is 0. The Hall–Kier alpha value is -2.82. The number of urea groups is 1. The number of amides is 2. The maximum absolute atomic E-state index is 12.5. The van der Waals surface area contributed by atoms with Crippen molar-refractivity contribution < 1.29 is 14.3 Å². The van der Waals surface area contributed by atoms with Crippen molar-refractivity contribution >= 4 is 17.7 Å². The van der Waals surface area contributed by atoms with Gasteiger partial charge in [0.1, 0.15) is 6.54 Å². The van der Waals surface area contributed by atoms with Crippen LogP contribution < -0.4 is 5.32 Å². The number of methoxy groups -OCH3 is 1. The van der Waals surface area contributed by atoms with Gasteiger partial charge in [0.2, 0.25) is 0 Å². The molecule has 0 radical (unpaired) electrons. The Morgan fingerprint density at radius 3 is 2.30 bits per heavy atom. The lowest BCUT2D eigenvalue weighted by Gasteiger charge is -2.22. The van der Waals surface area contributed by atoms with Crippen molar-refractivity contribution in [3.63, 3.8) is 0 Å². The normalized spacial score (nSPS) is 10.0. The Bertz CT molecular complexity index is 654. The number of hydrogen-bond donors (Lipinski definition) is 1. The van der Waals surface area contributed by atoms with Gasteiger partial charge < -0.3 is 15.0 Å². The van der Waals surface area contributed by atoms with Gasteiger partial charge in [0.25, 0.3) is 0 Å². The molecule has 5 heteroatoms. The molecule has 0 heterocycles. The molecule has 0 fully saturated rings. The molecule has 0 saturated heterocycles. The first-order valence-electron chi connectivity index (χ1n) is 7.32. The molecule has 2 aromatic rings. The zero-order valence-corrected chi connectivity index (χ0v) is 13.3. The molecular formula is C18H20N2O3. The number of ether oxygens (including phenoxy) is 1. The number of anilines is 1. The maximum atomic E-state index is 12.5. The number of benzene rings is 2. The van der Waals surface area contributed by atoms with Crippen molar-refractivity contribution in [2.24, 2.45) is 0 Å². The van der Waals surface area contributed by atoms with Crippen molar-refractivity contribution in [3.05, 3.63) is 65.7 Å². The number of nitrogens with one attached hydrogen (secondary N) is 1. The molecule has 0 bridgehead atoms. The lowest BCUT2D eigenvalue weighted by molar-refractivity contribution is -0.141. The molecule has 0 atom stereocenters. The molecule has 5 nitrogen and oxygen atoms in total. The molecule has 0 aliphatic carbocycles. The van der Waals surface area contributed by atoms with Crippen LogP contribution in [0.25, 0.3) is 0 Å². The highest BCUT2D eigenvalue weighted by Crippen LogP contribution is 2.11. The SMILES string of the molecule is COC(=O)CN(Cc1ccccc1)C(=O)Nc1ccc(C)cc1. The molecule has 0 aliphatic heterocycles. The van der Waals surface area contributed by atoms with Crippen LogP contribution in [0.4, 0.5) is 10.5 Å². The van der Waals surface area contributed by atoms with E-state index in [2.05, 4.69) is 10.1 Å². The van der Waals surface area contributed by atoms with Crippen LogP contribution >= 0.6 is 0 Å². The molecular weight excluding hydrogens is 292 g/mol. The second-order valence-corrected chi connectivity index (χ2v) is 5.21. The van der Waals surface area contributed by atoms with Gasteiger partial charge in [0, 0.05) is 12.2 Å². The summed E-state index contributed by atoms with van der Waals surface area (Å²) in [6.45, 7) is 2.20. The first-order valence-corrected chi connectivity index (χ1v) is 7.32. The van der Waals surface area contributed by atoms with Crippen LogP contribution in [-0.4, -0.2) is 30.6 Å². The Morgan fingerprint density at radius 2 is 1.70 bits per heavy atom. The van der Waals surface area contributed by atoms with Gasteiger partial charge in [-0.05, 0) is 24.6 Å². The summed E-state index contributed by atoms with van der Waals surface area (Å²) in [6.07, 6.45) is 0. The van der Waals surface area contributed by atoms with E-state index in [9.17, 15) is 9.59 Å². The van der Waals surface area contributed by atoms with Gasteiger partial charge in [-0.2, -0.15) is 0 Å². The molecule has 2 aromatic carbocycles. The summed E-state index contributed by atoms with van der Waals surface area (Å²) in [5.41, 5.74) is 2.73. The topological polar surface area (TPSA) is 58.6 Å². The fourth-order valence-electron chi connectivity index (χ4n) is 2.06. The first kappa shape index (κ1) is 16.5. The van der Waals surface area contributed by atoms with E-state index in [1.54, 1.807) is 0 Å². The van der Waals surface area contributed by atoms with E-state index in [0.717, 1.165) is 11.1 Å². The van der Waals surface area contributed by atoms with Gasteiger partial charge in [0.15, 0.2) is 0 Å². The summed E-state index contributed by atoms with van der Waals surface area (Å²) < 4.78 is 4.67. The number of carbonyl (C=O) groups is 2. The monoisotopic (exact) mass is 312 g/mol. The van der Waals surface area contributed by atoms with E-state index in [-0.39, 0.29) is 12.6 Å². The van der Waals surface area contributed by atoms with Crippen LogP contribution in [-0.2, 0) is 16.1 Å². The zero-order chi connectivity index (χ0) is 16.7. The van der Waals surface area contributed by atoms with Gasteiger partial charge in [-0.15, -0.1) is 0 Å². The number of esters is 1. The highest BCUT2D eigenvalue weighted by Gasteiger charge is 2.18. The van der Waals surface area contributed by atoms with Crippen molar-refractivity contribution in [1.82, 2.24) is 4.90 Å². The Balaban J connectivity index is 2.10. The van der Waals surface area contributed by atoms with Gasteiger partial charge >= 0.3 is 12.0 Å². The highest BCUT2D eigenvalue weighted by atomic mass is 16.5. The minimum atomic E-state index is -0.458. The third-order valence-corrected chi connectivity index (χ3v) is 3.35. The van der Waals surface area contributed by atoms with Crippen molar-refractivity contribution in [2.75, 3.05) is 19.0 Å². The minimum Gasteiger partial charge on any atom is -0.468 e. The summed E-state index contributed by atoms with van der Waals surface area (Å²) in [4.78, 5) is 25.4. The second-order valence-electron chi connectivity index (χ2n) is 5.21. The van der Waals surface area contributed by atoms with Crippen LogP contribution in [0.5, 0.6) is 0 Å². The van der Waals surface area contributed by atoms with Crippen LogP contribution in [0.2, 0.25) is 0 Å². The van der Waals surface area contributed by atoms with E-state index in [1.807, 2.05) is 61.5 Å². The summed E-state index contributed by atoms with van der Waals surface area (Å²) in [6, 6.07) is 16.6. The van der Waals surface area contributed by atoms with Gasteiger partial charge in [-0.1, -0.05) is 48.0 Å². The molecule has 0 spiro atoms. The second kappa shape index (κ2) is 7.98. The largest absolute Gasteiger partial charge is 0.468 e. The highest BCUT2D eigenvalue weighted by molar-refractivity contribution is 5.91. The van der Waals surface area contributed by atoms with Crippen molar-refractivity contribution in [1.29, 1.82) is 0 Å². The summed E-state index contributed by atoms with van der Waals surface area (Å²) in [5, 5.41) is 2.80. The van der Waals surface area contributed by atoms with Crippen LogP contribution in [0.15, 0.2) is 54.6 Å². The molecule has 0 aromatic heterocycles. The Kier molecular flexibility index (Phi) is 5.74. The number of hydrogen-bond acceptors (Lipinski definition) is 3. The van der Waals surface area contributed by atoms with Crippen LogP contribution in [0, 0.1) is 6.92 Å². The average molecular weight is 312 g/mol. The Morgan fingerprint density at radius 1 is 1.04 bits per heavy atom. The van der Waals surface area contributed by atoms with Gasteiger partial charge in [-0.25, -0.2) is 4.79 Å². The van der Waals surface area contributed by atoms with Crippen LogP contribution in [0.1, 0.15) is 11.1 Å². The molecule has 2 rings (SSSR count). The lowest BCUT2D eigenvalue weighted by atomic mass is 10.2. The molecule has 0 saturated carbocycles. The average Bonchev–Trinajstić information content (AvgIpc) is 2.57. The predicted molar refractivity (Wildman–Crippen MR) is 89.1 cm³/mol. The number of nitrogens with zero attached hydrogens (tertiary/aromatic N) is 1. The van der Waals surface area contributed by atoms with E-state index < -0.39 is 5.97 Å². The lowest BCUT2D eigenvalue weighted by Crippen LogP contribution is -2.38. The number of aryl methyl sites for hydroxylation is 1. The third-order valence-electron chi connectivity index (χ3n) is 3.35. The summed E-state index contributed by atoms with van der Waals surface area (Å²) in [7, 11) is 1.31. The third kappa shape index (κ3) is 5.14. The molecule has 2 amide bonds. The van der Waals surface area contributed by atoms with Crippen LogP contribution in [0.3, 0.4) is 0 Å². The van der Waals surface area contributed by atoms with E-state index in [1.165, 1.54) is 12.0 Å². The maximum Gasteiger partial charge on any atom is 0.325 e. The van der Waals surface area contributed by atoms with Gasteiger partial charge in [-0.3, -0.25) is 4.79 Å². The molecule has 0 aliphatic rings. The molecule has 1 N–H and O–H groups in total. The molecule has 120 valence electrons. The standard InChI is InChI=1S/C18H20N2O3/c1-14-8-10-16(11-9-14)19-18(22)20(13-17(21)23-2)12-15-6-4-3-5-7-15/h3-11H,12-13H2,1-2H3,(H,19,22). The van der Waals surface area contributed by atoms with Crippen molar-refractivity contribution in [3.8, 4) is 0 Å². The first-order chi connectivity index (χ1) is 11.1. The smallest absolute Gasteiger partial charge is 0.325 e. The van der Waals surface area contributed by atoms with Gasteiger partial charge in [0.05, 0.1) is 7.11 Å². The van der Waals surface area contributed by atoms with Crippen molar-refractivity contribution in [2.45, 2.75) is 13.5 Å². The molecule has 0 unspecified atom stereocenters. The molecule has 23 heavy (non-hydrogen) atoms. The minimum absolute atomic E-state index is 0.108. The van der Waals surface area contributed by atoms with E-state index in [0.29, 0.717) is 12.2 Å². The summed E-state index contributed by atoms with van der Waals surface area (Å²) in [5.74, 6) is -0.458. The fraction of sp³-hybridized carbons (Fsp3) is 0.222. The zero-order valence-electron chi connectivity index (χ0n) is 13.3. The number of rotatable bonds is 5. The van der Waals surface area contributed by atoms with E-state index in [4.69, 9.17) is 0 Å². The quantitative estimate of drug-likeness (QED) is 0.863. The fourth-order valence-corrected chi connectivity index (χ4v) is 2.06. The number of carbonyl (C=O) groups excluding carboxylic acids is 2.